The molecule has 2 fully saturated rings. The van der Waals surface area contributed by atoms with E-state index in [0.29, 0.717) is 23.0 Å². The van der Waals surface area contributed by atoms with E-state index in [9.17, 15) is 13.2 Å². The van der Waals surface area contributed by atoms with Crippen molar-refractivity contribution in [2.24, 2.45) is 17.6 Å². The number of nitrogens with one attached hydrogen (secondary N) is 1. The largest absolute Gasteiger partial charge is 0.349 e. The Morgan fingerprint density at radius 2 is 1.72 bits per heavy atom. The highest BCUT2D eigenvalue weighted by atomic mass is 35.5. The Morgan fingerprint density at radius 1 is 1.16 bits per heavy atom. The highest BCUT2D eigenvalue weighted by molar-refractivity contribution is 7.89. The van der Waals surface area contributed by atoms with Gasteiger partial charge in [-0.3, -0.25) is 4.79 Å². The molecule has 25 heavy (non-hydrogen) atoms. The molecule has 0 radical (unpaired) electrons. The second-order valence-corrected chi connectivity index (χ2v) is 9.59. The normalized spacial score (nSPS) is 28.7. The van der Waals surface area contributed by atoms with Gasteiger partial charge < -0.3 is 11.1 Å². The van der Waals surface area contributed by atoms with Gasteiger partial charge in [0.25, 0.3) is 5.91 Å². The van der Waals surface area contributed by atoms with Crippen molar-refractivity contribution in [3.63, 3.8) is 0 Å². The van der Waals surface area contributed by atoms with Crippen LogP contribution >= 0.6 is 12.4 Å². The van der Waals surface area contributed by atoms with Crippen molar-refractivity contribution in [2.75, 3.05) is 6.26 Å². The Kier molecular flexibility index (Phi) is 6.51. The van der Waals surface area contributed by atoms with E-state index in [2.05, 4.69) is 5.32 Å². The Hall–Kier alpha value is -1.11. The van der Waals surface area contributed by atoms with Crippen LogP contribution in [0.3, 0.4) is 0 Å². The first-order chi connectivity index (χ1) is 11.3. The zero-order valence-corrected chi connectivity index (χ0v) is 16.1. The van der Waals surface area contributed by atoms with Gasteiger partial charge in [0.15, 0.2) is 9.84 Å². The quantitative estimate of drug-likeness (QED) is 0.830. The molecule has 1 amide bonds. The van der Waals surface area contributed by atoms with Crippen LogP contribution in [0.15, 0.2) is 24.3 Å². The molecule has 1 aromatic rings. The monoisotopic (exact) mass is 386 g/mol. The van der Waals surface area contributed by atoms with Crippen molar-refractivity contribution in [1.82, 2.24) is 5.32 Å². The van der Waals surface area contributed by atoms with Crippen molar-refractivity contribution in [3.8, 4) is 0 Å². The highest BCUT2D eigenvalue weighted by Crippen LogP contribution is 2.39. The van der Waals surface area contributed by atoms with Gasteiger partial charge in [0, 0.05) is 23.9 Å². The molecule has 0 heterocycles. The van der Waals surface area contributed by atoms with Crippen molar-refractivity contribution in [2.45, 2.75) is 49.9 Å². The molecule has 140 valence electrons. The molecule has 3 rings (SSSR count). The molecule has 1 aromatic carbocycles. The molecular formula is C18H27ClN2O3S. The maximum absolute atomic E-state index is 12.6. The summed E-state index contributed by atoms with van der Waals surface area (Å²) in [7, 11) is -3.06. The van der Waals surface area contributed by atoms with Crippen molar-refractivity contribution in [1.29, 1.82) is 0 Å². The maximum Gasteiger partial charge on any atom is 0.251 e. The maximum atomic E-state index is 12.6. The summed E-state index contributed by atoms with van der Waals surface area (Å²) in [6, 6.07) is 7.34. The Morgan fingerprint density at radius 3 is 2.24 bits per heavy atom. The topological polar surface area (TPSA) is 89.3 Å². The van der Waals surface area contributed by atoms with Crippen LogP contribution in [0, 0.1) is 11.8 Å². The molecule has 0 aliphatic heterocycles. The number of carbonyl (C=O) groups is 1. The summed E-state index contributed by atoms with van der Waals surface area (Å²) in [6.45, 7) is 0. The summed E-state index contributed by atoms with van der Waals surface area (Å²) in [5, 5.41) is 3.21. The van der Waals surface area contributed by atoms with Crippen LogP contribution in [0.1, 0.15) is 48.0 Å². The second kappa shape index (κ2) is 8.06. The predicted molar refractivity (Wildman–Crippen MR) is 102 cm³/mol. The van der Waals surface area contributed by atoms with Gasteiger partial charge in [-0.25, -0.2) is 8.42 Å². The molecule has 5 nitrogen and oxygen atoms in total. The molecule has 2 aliphatic rings. The minimum Gasteiger partial charge on any atom is -0.349 e. The first-order valence-electron chi connectivity index (χ1n) is 8.65. The Labute approximate surface area is 156 Å². The Balaban J connectivity index is 0.00000225. The van der Waals surface area contributed by atoms with E-state index in [4.69, 9.17) is 5.73 Å². The van der Waals surface area contributed by atoms with E-state index in [1.54, 1.807) is 24.3 Å². The number of benzene rings is 1. The van der Waals surface area contributed by atoms with Crippen molar-refractivity contribution in [3.05, 3.63) is 35.4 Å². The summed E-state index contributed by atoms with van der Waals surface area (Å²) in [5.41, 5.74) is 7.42. The van der Waals surface area contributed by atoms with Crippen LogP contribution in [0.5, 0.6) is 0 Å². The van der Waals surface area contributed by atoms with Gasteiger partial charge >= 0.3 is 0 Å². The first kappa shape index (κ1) is 20.2. The summed E-state index contributed by atoms with van der Waals surface area (Å²) in [6.07, 6.45) is 6.71. The van der Waals surface area contributed by atoms with Gasteiger partial charge in [0.1, 0.15) is 0 Å². The minimum atomic E-state index is -3.06. The smallest absolute Gasteiger partial charge is 0.251 e. The minimum absolute atomic E-state index is 0. The molecule has 0 saturated heterocycles. The number of carbonyl (C=O) groups excluding carboxylic acids is 1. The zero-order valence-electron chi connectivity index (χ0n) is 14.5. The fraction of sp³-hybridized carbons (Fsp3) is 0.611. The van der Waals surface area contributed by atoms with Gasteiger partial charge in [-0.05, 0) is 55.2 Å². The number of rotatable bonds is 4. The molecule has 7 heteroatoms. The third kappa shape index (κ3) is 5.19. The van der Waals surface area contributed by atoms with Crippen LogP contribution < -0.4 is 11.1 Å². The molecular weight excluding hydrogens is 360 g/mol. The number of fused-ring (bicyclic) bond motifs is 2. The van der Waals surface area contributed by atoms with Gasteiger partial charge in [0.2, 0.25) is 0 Å². The third-order valence-electron chi connectivity index (χ3n) is 5.32. The highest BCUT2D eigenvalue weighted by Gasteiger charge is 2.39. The lowest BCUT2D eigenvalue weighted by Gasteiger charge is -2.45. The lowest BCUT2D eigenvalue weighted by Crippen LogP contribution is -2.53. The lowest BCUT2D eigenvalue weighted by molar-refractivity contribution is 0.0756. The summed E-state index contributed by atoms with van der Waals surface area (Å²) in [5.74, 6) is 0.903. The number of sulfone groups is 1. The van der Waals surface area contributed by atoms with Crippen LogP contribution in [-0.2, 0) is 15.6 Å². The molecule has 2 saturated carbocycles. The van der Waals surface area contributed by atoms with Crippen molar-refractivity contribution >= 4 is 28.2 Å². The van der Waals surface area contributed by atoms with E-state index in [0.717, 1.165) is 25.7 Å². The number of amides is 1. The van der Waals surface area contributed by atoms with E-state index >= 15 is 0 Å². The van der Waals surface area contributed by atoms with Crippen LogP contribution in [0.4, 0.5) is 0 Å². The lowest BCUT2D eigenvalue weighted by atomic mass is 9.67. The summed E-state index contributed by atoms with van der Waals surface area (Å²) >= 11 is 0. The van der Waals surface area contributed by atoms with Gasteiger partial charge in [-0.1, -0.05) is 18.6 Å². The molecule has 2 aliphatic carbocycles. The molecule has 0 spiro atoms. The standard InChI is InChI=1S/C18H26N2O3S.ClH/c1-24(22,23)11-12-5-7-13(8-6-12)18(21)20-17-14-3-2-4-15(17)10-16(19)9-14;/h5-8,14-17H,2-4,9-11,19H2,1H3,(H,20,21);1H. The SMILES string of the molecule is CS(=O)(=O)Cc1ccc(C(=O)NC2C3CCCC2CC(N)C3)cc1.Cl. The van der Waals surface area contributed by atoms with Gasteiger partial charge in [-0.15, -0.1) is 12.4 Å². The molecule has 0 aromatic heterocycles. The summed E-state index contributed by atoms with van der Waals surface area (Å²) in [4.78, 5) is 12.6. The predicted octanol–water partition coefficient (Wildman–Crippen LogP) is 2.29. The number of halogens is 1. The average molecular weight is 387 g/mol. The number of nitrogens with two attached hydrogens (primary N) is 1. The van der Waals surface area contributed by atoms with Crippen LogP contribution in [0.25, 0.3) is 0 Å². The van der Waals surface area contributed by atoms with E-state index in [1.165, 1.54) is 12.7 Å². The molecule has 2 unspecified atom stereocenters. The third-order valence-corrected chi connectivity index (χ3v) is 6.18. The molecule has 3 N–H and O–H groups in total. The fourth-order valence-electron chi connectivity index (χ4n) is 4.31. The fourth-order valence-corrected chi connectivity index (χ4v) is 5.11. The van der Waals surface area contributed by atoms with Gasteiger partial charge in [-0.2, -0.15) is 0 Å². The number of hydrogen-bond acceptors (Lipinski definition) is 4. The average Bonchev–Trinajstić information content (AvgIpc) is 2.47. The molecule has 2 atom stereocenters. The molecule has 2 bridgehead atoms. The van der Waals surface area contributed by atoms with Gasteiger partial charge in [0.05, 0.1) is 5.75 Å². The van der Waals surface area contributed by atoms with Crippen LogP contribution in [-0.4, -0.2) is 32.7 Å². The Bertz CT molecular complexity index is 692. The van der Waals surface area contributed by atoms with E-state index in [1.807, 2.05) is 0 Å². The summed E-state index contributed by atoms with van der Waals surface area (Å²) < 4.78 is 22.7. The zero-order chi connectivity index (χ0) is 17.3. The first-order valence-corrected chi connectivity index (χ1v) is 10.7. The van der Waals surface area contributed by atoms with Crippen molar-refractivity contribution < 1.29 is 13.2 Å². The van der Waals surface area contributed by atoms with E-state index < -0.39 is 9.84 Å². The van der Waals surface area contributed by atoms with E-state index in [-0.39, 0.29) is 36.2 Å². The van der Waals surface area contributed by atoms with Crippen LogP contribution in [0.2, 0.25) is 0 Å². The number of hydrogen-bond donors (Lipinski definition) is 2. The second-order valence-electron chi connectivity index (χ2n) is 7.45.